The van der Waals surface area contributed by atoms with Crippen LogP contribution in [0, 0.1) is 11.3 Å². The predicted octanol–water partition coefficient (Wildman–Crippen LogP) is 4.75. The third-order valence-electron chi connectivity index (χ3n) is 7.83. The van der Waals surface area contributed by atoms with Crippen molar-refractivity contribution >= 4 is 50.0 Å². The number of amides is 1. The molecule has 0 radical (unpaired) electrons. The Bertz CT molecular complexity index is 1970. The van der Waals surface area contributed by atoms with Crippen LogP contribution in [0.1, 0.15) is 27.0 Å². The van der Waals surface area contributed by atoms with Crippen molar-refractivity contribution in [1.82, 2.24) is 4.90 Å². The third-order valence-corrected chi connectivity index (χ3v) is 9.21. The second-order valence-electron chi connectivity index (χ2n) is 10.9. The molecule has 4 aromatic carbocycles. The van der Waals surface area contributed by atoms with Gasteiger partial charge in [0.15, 0.2) is 5.78 Å². The van der Waals surface area contributed by atoms with E-state index >= 15 is 0 Å². The second-order valence-corrected chi connectivity index (χ2v) is 12.6. The van der Waals surface area contributed by atoms with Crippen molar-refractivity contribution in [3.05, 3.63) is 119 Å². The van der Waals surface area contributed by atoms with Crippen LogP contribution in [0.15, 0.2) is 102 Å². The van der Waals surface area contributed by atoms with Crippen LogP contribution in [0.5, 0.6) is 0 Å². The molecule has 0 spiro atoms. The molecule has 4 aromatic rings. The van der Waals surface area contributed by atoms with E-state index in [4.69, 9.17) is 5.26 Å². The molecule has 1 fully saturated rings. The van der Waals surface area contributed by atoms with Gasteiger partial charge in [-0.2, -0.15) is 5.26 Å². The highest BCUT2D eigenvalue weighted by molar-refractivity contribution is 7.92. The van der Waals surface area contributed by atoms with Crippen molar-refractivity contribution in [1.29, 1.82) is 5.26 Å². The molecule has 0 atom stereocenters. The van der Waals surface area contributed by atoms with Crippen LogP contribution >= 0.6 is 0 Å². The molecular weight excluding hydrogens is 588 g/mol. The number of piperazine rings is 1. The van der Waals surface area contributed by atoms with Gasteiger partial charge in [-0.05, 0) is 67.7 Å². The van der Waals surface area contributed by atoms with E-state index < -0.39 is 10.0 Å². The SMILES string of the molecule is CN1CCN(c2ccc(NC=C3C(=O)Nc4cc(C(=O)c5cccc(NS(=O)(=O)c6cccc(C#N)c6)c5)ccc43)cc2)CC1. The van der Waals surface area contributed by atoms with Gasteiger partial charge in [-0.15, -0.1) is 0 Å². The quantitative estimate of drug-likeness (QED) is 0.190. The van der Waals surface area contributed by atoms with Crippen LogP contribution in [0.4, 0.5) is 22.7 Å². The molecular formula is C34H30N6O4S. The molecule has 2 aliphatic rings. The molecule has 11 heteroatoms. The zero-order valence-electron chi connectivity index (χ0n) is 24.4. The summed E-state index contributed by atoms with van der Waals surface area (Å²) in [6.45, 7) is 4.03. The Hall–Kier alpha value is -5.44. The second kappa shape index (κ2) is 12.3. The minimum Gasteiger partial charge on any atom is -0.369 e. The summed E-state index contributed by atoms with van der Waals surface area (Å²) < 4.78 is 28.2. The zero-order valence-corrected chi connectivity index (χ0v) is 25.3. The largest absolute Gasteiger partial charge is 0.369 e. The summed E-state index contributed by atoms with van der Waals surface area (Å²) in [7, 11) is -1.86. The molecule has 1 saturated heterocycles. The number of fused-ring (bicyclic) bond motifs is 1. The van der Waals surface area contributed by atoms with Crippen LogP contribution in [0.2, 0.25) is 0 Å². The number of carbonyl (C=O) groups excluding carboxylic acids is 2. The Kier molecular flexibility index (Phi) is 8.08. The number of sulfonamides is 1. The molecule has 45 heavy (non-hydrogen) atoms. The fourth-order valence-electron chi connectivity index (χ4n) is 5.31. The molecule has 10 nitrogen and oxygen atoms in total. The van der Waals surface area contributed by atoms with Gasteiger partial charge in [0.1, 0.15) is 0 Å². The van der Waals surface area contributed by atoms with Crippen molar-refractivity contribution < 1.29 is 18.0 Å². The van der Waals surface area contributed by atoms with E-state index in [1.165, 1.54) is 36.4 Å². The minimum absolute atomic E-state index is 0.0614. The number of ketones is 1. The third kappa shape index (κ3) is 6.43. The number of carbonyl (C=O) groups is 2. The first kappa shape index (κ1) is 29.6. The number of benzene rings is 4. The van der Waals surface area contributed by atoms with Gasteiger partial charge in [0.05, 0.1) is 22.1 Å². The number of nitrogens with one attached hydrogen (secondary N) is 3. The zero-order chi connectivity index (χ0) is 31.6. The van der Waals surface area contributed by atoms with Gasteiger partial charge in [-0.3, -0.25) is 14.3 Å². The molecule has 0 aromatic heterocycles. The summed E-state index contributed by atoms with van der Waals surface area (Å²) >= 11 is 0. The Labute approximate surface area is 261 Å². The van der Waals surface area contributed by atoms with Crippen LogP contribution in [-0.4, -0.2) is 58.2 Å². The Morgan fingerprint density at radius 3 is 2.38 bits per heavy atom. The molecule has 0 saturated carbocycles. The first-order valence-electron chi connectivity index (χ1n) is 14.3. The standard InChI is InChI=1S/C34H30N6O4S/c1-39-14-16-40(17-15-39)28-11-9-26(10-12-28)36-22-31-30-13-8-25(20-32(30)37-34(31)42)33(41)24-5-3-6-27(19-24)38-45(43,44)29-7-2-4-23(18-29)21-35/h2-13,18-20,22,36,38H,14-17H2,1H3,(H,37,42). The first-order chi connectivity index (χ1) is 21.7. The number of anilines is 4. The molecule has 0 aliphatic carbocycles. The van der Waals surface area contributed by atoms with Crippen molar-refractivity contribution in [3.63, 3.8) is 0 Å². The normalized spacial score (nSPS) is 15.7. The number of hydrogen-bond donors (Lipinski definition) is 3. The summed E-state index contributed by atoms with van der Waals surface area (Å²) in [5.74, 6) is -0.622. The van der Waals surface area contributed by atoms with Crippen LogP contribution in [-0.2, 0) is 14.8 Å². The lowest BCUT2D eigenvalue weighted by molar-refractivity contribution is -0.110. The average molecular weight is 619 g/mol. The monoisotopic (exact) mass is 618 g/mol. The number of hydrogen-bond acceptors (Lipinski definition) is 8. The first-order valence-corrected chi connectivity index (χ1v) is 15.8. The van der Waals surface area contributed by atoms with E-state index in [1.54, 1.807) is 36.5 Å². The minimum atomic E-state index is -3.98. The van der Waals surface area contributed by atoms with Crippen molar-refractivity contribution in [2.45, 2.75) is 4.90 Å². The van der Waals surface area contributed by atoms with Gasteiger partial charge in [0.25, 0.3) is 15.9 Å². The fourth-order valence-corrected chi connectivity index (χ4v) is 6.40. The molecule has 0 bridgehead atoms. The Balaban J connectivity index is 1.15. The van der Waals surface area contributed by atoms with E-state index in [0.717, 1.165) is 37.6 Å². The summed E-state index contributed by atoms with van der Waals surface area (Å²) in [6.07, 6.45) is 1.66. The molecule has 226 valence electrons. The van der Waals surface area contributed by atoms with Gasteiger partial charge in [0.2, 0.25) is 0 Å². The topological polar surface area (TPSA) is 135 Å². The number of nitriles is 1. The highest BCUT2D eigenvalue weighted by Crippen LogP contribution is 2.33. The van der Waals surface area contributed by atoms with E-state index in [-0.39, 0.29) is 33.4 Å². The summed E-state index contributed by atoms with van der Waals surface area (Å²) in [4.78, 5) is 30.8. The van der Waals surface area contributed by atoms with Crippen LogP contribution in [0.25, 0.3) is 5.57 Å². The lowest BCUT2D eigenvalue weighted by atomic mass is 9.99. The van der Waals surface area contributed by atoms with E-state index in [9.17, 15) is 18.0 Å². The van der Waals surface area contributed by atoms with E-state index in [0.29, 0.717) is 22.4 Å². The maximum atomic E-state index is 13.4. The van der Waals surface area contributed by atoms with Crippen LogP contribution in [0.3, 0.4) is 0 Å². The van der Waals surface area contributed by atoms with Gasteiger partial charge in [-0.25, -0.2) is 8.42 Å². The van der Waals surface area contributed by atoms with Crippen molar-refractivity contribution in [2.75, 3.05) is 53.5 Å². The smallest absolute Gasteiger partial charge is 0.261 e. The van der Waals surface area contributed by atoms with E-state index in [2.05, 4.69) is 44.3 Å². The Morgan fingerprint density at radius 2 is 1.62 bits per heavy atom. The Morgan fingerprint density at radius 1 is 0.889 bits per heavy atom. The molecule has 1 amide bonds. The number of likely N-dealkylation sites (N-methyl/N-ethyl adjacent to an activating group) is 1. The van der Waals surface area contributed by atoms with Gasteiger partial charge < -0.3 is 20.4 Å². The lowest BCUT2D eigenvalue weighted by Crippen LogP contribution is -2.44. The number of rotatable bonds is 8. The molecule has 3 N–H and O–H groups in total. The molecule has 2 aliphatic heterocycles. The average Bonchev–Trinajstić information content (AvgIpc) is 3.37. The summed E-state index contributed by atoms with van der Waals surface area (Å²) in [5.41, 5.74) is 4.66. The molecule has 2 heterocycles. The van der Waals surface area contributed by atoms with E-state index in [1.807, 2.05) is 18.2 Å². The number of nitrogens with zero attached hydrogens (tertiary/aromatic N) is 3. The van der Waals surface area contributed by atoms with Gasteiger partial charge >= 0.3 is 0 Å². The highest BCUT2D eigenvalue weighted by Gasteiger charge is 2.26. The maximum absolute atomic E-state index is 13.4. The van der Waals surface area contributed by atoms with Crippen LogP contribution < -0.4 is 20.3 Å². The van der Waals surface area contributed by atoms with Crippen molar-refractivity contribution in [3.8, 4) is 6.07 Å². The molecule has 6 rings (SSSR count). The maximum Gasteiger partial charge on any atom is 0.261 e. The summed E-state index contributed by atoms with van der Waals surface area (Å²) in [6, 6.07) is 26.8. The van der Waals surface area contributed by atoms with Gasteiger partial charge in [-0.1, -0.05) is 30.3 Å². The highest BCUT2D eigenvalue weighted by atomic mass is 32.2. The molecule has 0 unspecified atom stereocenters. The predicted molar refractivity (Wildman–Crippen MR) is 175 cm³/mol. The fraction of sp³-hybridized carbons (Fsp3) is 0.147. The lowest BCUT2D eigenvalue weighted by Gasteiger charge is -2.34. The summed E-state index contributed by atoms with van der Waals surface area (Å²) in [5, 5.41) is 15.1. The van der Waals surface area contributed by atoms with Gasteiger partial charge in [0, 0.05) is 71.8 Å². The van der Waals surface area contributed by atoms with Crippen molar-refractivity contribution in [2.24, 2.45) is 0 Å².